The van der Waals surface area contributed by atoms with Crippen LogP contribution in [0.15, 0.2) is 36.2 Å². The van der Waals surface area contributed by atoms with Gasteiger partial charge >= 0.3 is 5.97 Å². The van der Waals surface area contributed by atoms with Crippen molar-refractivity contribution >= 4 is 17.0 Å². The second kappa shape index (κ2) is 9.19. The van der Waals surface area contributed by atoms with Gasteiger partial charge in [-0.1, -0.05) is 24.3 Å². The minimum Gasteiger partial charge on any atom is -0.461 e. The highest BCUT2D eigenvalue weighted by Crippen LogP contribution is 2.08. The number of esters is 1. The molecule has 0 saturated heterocycles. The van der Waals surface area contributed by atoms with E-state index in [1.54, 1.807) is 6.92 Å². The lowest BCUT2D eigenvalue weighted by Crippen LogP contribution is -2.28. The molecular formula is C14H21N3O4S. The Labute approximate surface area is 132 Å². The molecule has 0 spiro atoms. The van der Waals surface area contributed by atoms with E-state index in [2.05, 4.69) is 0 Å². The number of carbonyl (C=O) groups excluding carboxylic acids is 1. The zero-order valence-electron chi connectivity index (χ0n) is 12.7. The first-order chi connectivity index (χ1) is 10.4. The number of rotatable bonds is 8. The topological polar surface area (TPSA) is 108 Å². The summed E-state index contributed by atoms with van der Waals surface area (Å²) in [5.41, 5.74) is 7.35. The molecule has 0 aliphatic carbocycles. The molecule has 122 valence electrons. The summed E-state index contributed by atoms with van der Waals surface area (Å²) in [4.78, 5) is 11.4. The van der Waals surface area contributed by atoms with Crippen molar-refractivity contribution in [2.75, 3.05) is 12.9 Å². The molecule has 1 atom stereocenters. The zero-order valence-corrected chi connectivity index (χ0v) is 13.5. The molecule has 1 rings (SSSR count). The maximum Gasteiger partial charge on any atom is 0.355 e. The molecule has 0 aliphatic heterocycles. The molecule has 22 heavy (non-hydrogen) atoms. The van der Waals surface area contributed by atoms with Crippen molar-refractivity contribution in [3.63, 3.8) is 0 Å². The number of hydrogen-bond donors (Lipinski definition) is 2. The van der Waals surface area contributed by atoms with Crippen LogP contribution in [0.3, 0.4) is 0 Å². The van der Waals surface area contributed by atoms with Crippen molar-refractivity contribution in [2.45, 2.75) is 20.1 Å². The van der Waals surface area contributed by atoms with Crippen LogP contribution in [0.2, 0.25) is 0 Å². The van der Waals surface area contributed by atoms with Gasteiger partial charge in [0, 0.05) is 12.5 Å². The van der Waals surface area contributed by atoms with E-state index in [1.807, 2.05) is 24.3 Å². The van der Waals surface area contributed by atoms with Crippen molar-refractivity contribution in [1.29, 1.82) is 0 Å². The molecule has 7 nitrogen and oxygen atoms in total. The molecule has 8 heteroatoms. The molecule has 0 fully saturated rings. The summed E-state index contributed by atoms with van der Waals surface area (Å²) >= 11 is -1.29. The number of nitrogens with zero attached hydrogens (tertiary/aromatic N) is 1. The van der Waals surface area contributed by atoms with Gasteiger partial charge in [0.1, 0.15) is 5.70 Å². The molecule has 0 amide bonds. The zero-order chi connectivity index (χ0) is 16.5. The smallest absolute Gasteiger partial charge is 0.355 e. The minimum absolute atomic E-state index is 0.0557. The fraction of sp³-hybridized carbons (Fsp3) is 0.357. The van der Waals surface area contributed by atoms with Gasteiger partial charge in [0.25, 0.3) is 0 Å². The Morgan fingerprint density at radius 2 is 1.91 bits per heavy atom. The van der Waals surface area contributed by atoms with Gasteiger partial charge in [-0.05, 0) is 18.1 Å². The number of carbonyl (C=O) groups is 1. The van der Waals surface area contributed by atoms with Crippen LogP contribution in [-0.4, -0.2) is 28.0 Å². The third-order valence-electron chi connectivity index (χ3n) is 2.60. The first-order valence-electron chi connectivity index (χ1n) is 6.62. The molecule has 4 N–H and O–H groups in total. The van der Waals surface area contributed by atoms with Gasteiger partial charge in [-0.2, -0.15) is 0 Å². The number of nitrogens with two attached hydrogens (primary N) is 2. The second-order valence-corrected chi connectivity index (χ2v) is 5.50. The van der Waals surface area contributed by atoms with E-state index >= 15 is 0 Å². The van der Waals surface area contributed by atoms with E-state index in [0.717, 1.165) is 11.1 Å². The molecule has 1 aromatic rings. The number of benzene rings is 1. The summed E-state index contributed by atoms with van der Waals surface area (Å²) in [6, 6.07) is 7.44. The van der Waals surface area contributed by atoms with Gasteiger partial charge in [-0.25, -0.2) is 14.8 Å². The minimum atomic E-state index is -1.29. The summed E-state index contributed by atoms with van der Waals surface area (Å²) in [6.45, 7) is 2.61. The average Bonchev–Trinajstić information content (AvgIpc) is 2.46. The second-order valence-electron chi connectivity index (χ2n) is 4.46. The highest BCUT2D eigenvalue weighted by atomic mass is 32.2. The Hall–Kier alpha value is -1.90. The quantitative estimate of drug-likeness (QED) is 0.310. The van der Waals surface area contributed by atoms with Crippen LogP contribution < -0.4 is 11.6 Å². The number of hydrazine groups is 1. The number of ether oxygens (including phenoxy) is 1. The lowest BCUT2D eigenvalue weighted by molar-refractivity contribution is -0.138. The molecule has 0 heterocycles. The fourth-order valence-corrected chi connectivity index (χ4v) is 1.90. The highest BCUT2D eigenvalue weighted by molar-refractivity contribution is 7.79. The largest absolute Gasteiger partial charge is 0.461 e. The van der Waals surface area contributed by atoms with Gasteiger partial charge in [0.05, 0.1) is 19.8 Å². The molecule has 1 unspecified atom stereocenters. The van der Waals surface area contributed by atoms with Crippen LogP contribution in [0, 0.1) is 0 Å². The van der Waals surface area contributed by atoms with E-state index in [9.17, 15) is 9.00 Å². The molecule has 0 saturated carbocycles. The predicted molar refractivity (Wildman–Crippen MR) is 83.9 cm³/mol. The Morgan fingerprint density at radius 3 is 2.45 bits per heavy atom. The first-order valence-corrected chi connectivity index (χ1v) is 8.11. The number of hydrogen-bond acceptors (Lipinski definition) is 7. The van der Waals surface area contributed by atoms with E-state index in [1.165, 1.54) is 17.5 Å². The van der Waals surface area contributed by atoms with E-state index in [0.29, 0.717) is 6.54 Å². The summed E-state index contributed by atoms with van der Waals surface area (Å²) in [5, 5.41) is 1.30. The molecule has 0 bridgehead atoms. The molecule has 0 aromatic heterocycles. The maximum absolute atomic E-state index is 11.4. The lowest BCUT2D eigenvalue weighted by atomic mass is 10.1. The molecule has 0 aliphatic rings. The van der Waals surface area contributed by atoms with Crippen molar-refractivity contribution in [2.24, 2.45) is 11.6 Å². The molecule has 0 radical (unpaired) electrons. The lowest BCUT2D eigenvalue weighted by Gasteiger charge is -2.15. The summed E-state index contributed by atoms with van der Waals surface area (Å²) < 4.78 is 20.6. The van der Waals surface area contributed by atoms with Crippen molar-refractivity contribution in [3.8, 4) is 0 Å². The average molecular weight is 327 g/mol. The van der Waals surface area contributed by atoms with Gasteiger partial charge in [0.2, 0.25) is 0 Å². The van der Waals surface area contributed by atoms with Crippen LogP contribution in [0.1, 0.15) is 18.1 Å². The monoisotopic (exact) mass is 327 g/mol. The molecule has 1 aromatic carbocycles. The predicted octanol–water partition coefficient (Wildman–Crippen LogP) is 0.536. The normalized spacial score (nSPS) is 12.8. The van der Waals surface area contributed by atoms with Crippen LogP contribution >= 0.6 is 0 Å². The van der Waals surface area contributed by atoms with Gasteiger partial charge in [-0.15, -0.1) is 0 Å². The van der Waals surface area contributed by atoms with E-state index in [-0.39, 0.29) is 18.9 Å². The SMILES string of the molecule is CCOC(=O)/C(N)=C/N(N)Cc1ccc(COS(C)=O)cc1. The van der Waals surface area contributed by atoms with Gasteiger partial charge < -0.3 is 15.5 Å². The van der Waals surface area contributed by atoms with Crippen LogP contribution in [0.4, 0.5) is 0 Å². The third-order valence-corrected chi connectivity index (χ3v) is 3.05. The Kier molecular flexibility index (Phi) is 7.58. The third kappa shape index (κ3) is 6.70. The Balaban J connectivity index is 2.57. The van der Waals surface area contributed by atoms with Crippen LogP contribution in [-0.2, 0) is 37.9 Å². The van der Waals surface area contributed by atoms with E-state index in [4.69, 9.17) is 20.5 Å². The Morgan fingerprint density at radius 1 is 1.32 bits per heavy atom. The van der Waals surface area contributed by atoms with Gasteiger partial charge in [-0.3, -0.25) is 4.18 Å². The maximum atomic E-state index is 11.4. The Bertz CT molecular complexity index is 546. The van der Waals surface area contributed by atoms with Crippen molar-refractivity contribution in [3.05, 3.63) is 47.3 Å². The molecular weight excluding hydrogens is 306 g/mol. The van der Waals surface area contributed by atoms with E-state index < -0.39 is 17.0 Å². The highest BCUT2D eigenvalue weighted by Gasteiger charge is 2.07. The summed E-state index contributed by atoms with van der Waals surface area (Å²) in [5.74, 6) is 5.18. The fourth-order valence-electron chi connectivity index (χ4n) is 1.59. The van der Waals surface area contributed by atoms with Crippen molar-refractivity contribution < 1.29 is 17.9 Å². The van der Waals surface area contributed by atoms with Crippen LogP contribution in [0.25, 0.3) is 0 Å². The van der Waals surface area contributed by atoms with Gasteiger partial charge in [0.15, 0.2) is 11.1 Å². The standard InChI is InChI=1S/C14H21N3O4S/c1-3-20-14(18)13(15)9-17(16)8-11-4-6-12(7-5-11)10-21-22(2)19/h4-7,9H,3,8,10,15-16H2,1-2H3/b13-9-. The van der Waals surface area contributed by atoms with Crippen molar-refractivity contribution in [1.82, 2.24) is 5.01 Å². The first kappa shape index (κ1) is 18.1. The summed E-state index contributed by atoms with van der Waals surface area (Å²) in [7, 11) is 0. The summed E-state index contributed by atoms with van der Waals surface area (Å²) in [6.07, 6.45) is 2.80. The van der Waals surface area contributed by atoms with Crippen LogP contribution in [0.5, 0.6) is 0 Å².